The molecule has 1 aliphatic heterocycles. The summed E-state index contributed by atoms with van der Waals surface area (Å²) in [5.74, 6) is 0.107. The highest BCUT2D eigenvalue weighted by atomic mass is 16.6. The lowest BCUT2D eigenvalue weighted by Crippen LogP contribution is -2.49. The number of benzene rings is 3. The maximum absolute atomic E-state index is 13.2. The Bertz CT molecular complexity index is 2010. The number of aromatic nitrogens is 4. The first-order valence-electron chi connectivity index (χ1n) is 19.2. The summed E-state index contributed by atoms with van der Waals surface area (Å²) in [5, 5.41) is 33.8. The zero-order valence-electron chi connectivity index (χ0n) is 32.6. The predicted octanol–water partition coefficient (Wildman–Crippen LogP) is 4.27. The van der Waals surface area contributed by atoms with Crippen LogP contribution in [0.4, 0.5) is 10.6 Å². The summed E-state index contributed by atoms with van der Waals surface area (Å²) >= 11 is 0. The number of anilines is 1. The van der Waals surface area contributed by atoms with E-state index in [2.05, 4.69) is 95.2 Å². The summed E-state index contributed by atoms with van der Waals surface area (Å²) < 4.78 is 7.41. The first-order chi connectivity index (χ1) is 27.0. The lowest BCUT2D eigenvalue weighted by atomic mass is 9.91. The Hall–Kier alpha value is -5.41. The van der Waals surface area contributed by atoms with Gasteiger partial charge in [0, 0.05) is 43.7 Å². The number of carbonyl (C=O) groups is 2. The summed E-state index contributed by atoms with van der Waals surface area (Å²) in [6.07, 6.45) is -3.94. The van der Waals surface area contributed by atoms with E-state index in [0.717, 1.165) is 11.1 Å². The van der Waals surface area contributed by atoms with Crippen molar-refractivity contribution >= 4 is 28.9 Å². The molecular formula is C42H53N9O5. The van der Waals surface area contributed by atoms with Gasteiger partial charge in [-0.25, -0.2) is 19.7 Å². The molecule has 3 heterocycles. The van der Waals surface area contributed by atoms with Gasteiger partial charge in [0.25, 0.3) is 5.91 Å². The van der Waals surface area contributed by atoms with Crippen molar-refractivity contribution < 1.29 is 24.5 Å². The lowest BCUT2D eigenvalue weighted by molar-refractivity contribution is -0.137. The third-order valence-electron chi connectivity index (χ3n) is 10.3. The monoisotopic (exact) mass is 763 g/mol. The van der Waals surface area contributed by atoms with Gasteiger partial charge < -0.3 is 36.2 Å². The number of hydrogen-bond donors (Lipinski definition) is 6. The van der Waals surface area contributed by atoms with E-state index in [9.17, 15) is 19.8 Å². The standard InChI is InChI=1S/C42H53N9O5/c1-6-43-39(54)36-34(52)35(53)40(56-36)50-26-47-33-37(45-24-31(28-16-10-7-11-17-28)29-18-12-8-13-19-29)48-32(49-38(33)50)25-46-41(55)44-22-23-51(27(2)3)42(4,5)30-20-14-9-15-21-30/h7-21,26-27,31,34-36,40,52-53H,6,22-25H2,1-5H3,(H,43,54)(H2,44,46,55)(H,45,48,49). The van der Waals surface area contributed by atoms with Crippen molar-refractivity contribution in [1.82, 2.24) is 40.4 Å². The molecule has 0 bridgehead atoms. The normalized spacial score (nSPS) is 18.5. The van der Waals surface area contributed by atoms with Gasteiger partial charge in [0.15, 0.2) is 35.1 Å². The SMILES string of the molecule is CCNC(=O)C1OC(n2cnc3c(NCC(c4ccccc4)c4ccccc4)nc(CNC(=O)NCCN(C(C)C)C(C)(C)c4ccccc4)nc32)C(O)C1O. The third-order valence-corrected chi connectivity index (χ3v) is 10.3. The fraction of sp³-hybridized carbons (Fsp3) is 0.405. The van der Waals surface area contributed by atoms with E-state index in [1.807, 2.05) is 54.6 Å². The van der Waals surface area contributed by atoms with Gasteiger partial charge >= 0.3 is 6.03 Å². The van der Waals surface area contributed by atoms with Gasteiger partial charge in [0.1, 0.15) is 12.2 Å². The van der Waals surface area contributed by atoms with Crippen LogP contribution in [0.2, 0.25) is 0 Å². The largest absolute Gasteiger partial charge is 0.387 e. The summed E-state index contributed by atoms with van der Waals surface area (Å²) in [5.41, 5.74) is 3.83. The second kappa shape index (κ2) is 18.0. The predicted molar refractivity (Wildman–Crippen MR) is 215 cm³/mol. The maximum Gasteiger partial charge on any atom is 0.315 e. The Morgan fingerprint density at radius 3 is 2.11 bits per heavy atom. The number of fused-ring (bicyclic) bond motifs is 1. The van der Waals surface area contributed by atoms with E-state index in [-0.39, 0.29) is 35.9 Å². The quantitative estimate of drug-likeness (QED) is 0.0851. The average Bonchev–Trinajstić information content (AvgIpc) is 3.76. The topological polar surface area (TPSA) is 179 Å². The van der Waals surface area contributed by atoms with Crippen LogP contribution < -0.4 is 21.3 Å². The first kappa shape index (κ1) is 40.3. The van der Waals surface area contributed by atoms with E-state index in [4.69, 9.17) is 14.7 Å². The molecule has 6 rings (SSSR count). The van der Waals surface area contributed by atoms with Gasteiger partial charge in [0.2, 0.25) is 0 Å². The van der Waals surface area contributed by atoms with E-state index >= 15 is 0 Å². The van der Waals surface area contributed by atoms with Crippen LogP contribution in [0.1, 0.15) is 69.3 Å². The number of nitrogens with one attached hydrogen (secondary N) is 4. The number of nitrogens with zero attached hydrogens (tertiary/aromatic N) is 5. The van der Waals surface area contributed by atoms with Gasteiger partial charge in [-0.15, -0.1) is 0 Å². The number of rotatable bonds is 16. The van der Waals surface area contributed by atoms with E-state index in [0.29, 0.717) is 43.2 Å². The molecule has 1 fully saturated rings. The Morgan fingerprint density at radius 1 is 0.875 bits per heavy atom. The van der Waals surface area contributed by atoms with Crippen LogP contribution in [-0.2, 0) is 21.6 Å². The Kier molecular flexibility index (Phi) is 13.0. The Labute approximate surface area is 327 Å². The van der Waals surface area contributed by atoms with Crippen LogP contribution in [0.3, 0.4) is 0 Å². The molecule has 3 amide bonds. The van der Waals surface area contributed by atoms with Gasteiger partial charge in [0.05, 0.1) is 12.9 Å². The minimum Gasteiger partial charge on any atom is -0.387 e. The fourth-order valence-electron chi connectivity index (χ4n) is 7.44. The van der Waals surface area contributed by atoms with Crippen LogP contribution in [0.25, 0.3) is 11.2 Å². The molecule has 14 heteroatoms. The molecule has 1 saturated heterocycles. The van der Waals surface area contributed by atoms with Crippen molar-refractivity contribution in [2.75, 3.05) is 31.5 Å². The molecule has 296 valence electrons. The molecule has 0 aliphatic carbocycles. The third kappa shape index (κ3) is 9.00. The number of likely N-dealkylation sites (N-methyl/N-ethyl adjacent to an activating group) is 1. The van der Waals surface area contributed by atoms with Crippen molar-refractivity contribution in [3.8, 4) is 0 Å². The van der Waals surface area contributed by atoms with Crippen molar-refractivity contribution in [2.24, 2.45) is 0 Å². The molecule has 0 spiro atoms. The molecule has 1 aliphatic rings. The number of ether oxygens (including phenoxy) is 1. The number of amides is 3. The van der Waals surface area contributed by atoms with Crippen LogP contribution in [-0.4, -0.2) is 97.1 Å². The Morgan fingerprint density at radius 2 is 1.50 bits per heavy atom. The Balaban J connectivity index is 1.23. The lowest BCUT2D eigenvalue weighted by Gasteiger charge is -2.42. The van der Waals surface area contributed by atoms with Gasteiger partial charge in [-0.1, -0.05) is 91.0 Å². The molecule has 3 aromatic carbocycles. The van der Waals surface area contributed by atoms with Crippen LogP contribution >= 0.6 is 0 Å². The second-order valence-corrected chi connectivity index (χ2v) is 14.7. The van der Waals surface area contributed by atoms with E-state index in [1.54, 1.807) is 6.92 Å². The molecule has 0 radical (unpaired) electrons. The summed E-state index contributed by atoms with van der Waals surface area (Å²) in [4.78, 5) is 42.3. The van der Waals surface area contributed by atoms with E-state index in [1.165, 1.54) is 16.5 Å². The van der Waals surface area contributed by atoms with Crippen molar-refractivity contribution in [3.05, 3.63) is 120 Å². The van der Waals surface area contributed by atoms with Crippen LogP contribution in [0.15, 0.2) is 97.3 Å². The maximum atomic E-state index is 13.2. The molecule has 6 N–H and O–H groups in total. The molecule has 0 saturated carbocycles. The summed E-state index contributed by atoms with van der Waals surface area (Å²) in [6, 6.07) is 30.5. The number of imidazole rings is 1. The minimum atomic E-state index is -1.48. The highest BCUT2D eigenvalue weighted by Crippen LogP contribution is 2.34. The molecule has 4 unspecified atom stereocenters. The summed E-state index contributed by atoms with van der Waals surface area (Å²) in [7, 11) is 0. The average molecular weight is 764 g/mol. The van der Waals surface area contributed by atoms with Crippen molar-refractivity contribution in [3.63, 3.8) is 0 Å². The zero-order valence-corrected chi connectivity index (χ0v) is 32.6. The number of hydrogen-bond acceptors (Lipinski definition) is 10. The molecular weight excluding hydrogens is 711 g/mol. The molecule has 4 atom stereocenters. The zero-order chi connectivity index (χ0) is 39.8. The smallest absolute Gasteiger partial charge is 0.315 e. The highest BCUT2D eigenvalue weighted by Gasteiger charge is 2.47. The van der Waals surface area contributed by atoms with Crippen molar-refractivity contribution in [2.45, 2.75) is 83.2 Å². The van der Waals surface area contributed by atoms with Gasteiger partial charge in [-0.05, 0) is 51.3 Å². The first-order valence-corrected chi connectivity index (χ1v) is 19.2. The van der Waals surface area contributed by atoms with Crippen LogP contribution in [0.5, 0.6) is 0 Å². The van der Waals surface area contributed by atoms with Gasteiger partial charge in [-0.3, -0.25) is 14.3 Å². The summed E-state index contributed by atoms with van der Waals surface area (Å²) in [6.45, 7) is 12.2. The van der Waals surface area contributed by atoms with Gasteiger partial charge in [-0.2, -0.15) is 0 Å². The van der Waals surface area contributed by atoms with Crippen molar-refractivity contribution in [1.29, 1.82) is 0 Å². The molecule has 5 aromatic rings. The van der Waals surface area contributed by atoms with Crippen LogP contribution in [0, 0.1) is 0 Å². The minimum absolute atomic E-state index is 0.0237. The molecule has 2 aromatic heterocycles. The molecule has 14 nitrogen and oxygen atoms in total. The fourth-order valence-corrected chi connectivity index (χ4v) is 7.44. The highest BCUT2D eigenvalue weighted by molar-refractivity contribution is 5.84. The number of urea groups is 1. The molecule has 56 heavy (non-hydrogen) atoms. The number of aliphatic hydroxyl groups is 2. The number of carbonyl (C=O) groups excluding carboxylic acids is 2. The second-order valence-electron chi connectivity index (χ2n) is 14.7. The van der Waals surface area contributed by atoms with E-state index < -0.39 is 30.4 Å². The number of aliphatic hydroxyl groups excluding tert-OH is 2.